The van der Waals surface area contributed by atoms with Crippen LogP contribution in [0.5, 0.6) is 0 Å². The van der Waals surface area contributed by atoms with E-state index in [1.165, 1.54) is 26.2 Å². The minimum atomic E-state index is -0.384. The number of carbonyl (C=O) groups is 1. The summed E-state index contributed by atoms with van der Waals surface area (Å²) in [4.78, 5) is 19.3. The van der Waals surface area contributed by atoms with Gasteiger partial charge in [0.1, 0.15) is 0 Å². The minimum absolute atomic E-state index is 0.384. The maximum atomic E-state index is 10.3. The molecule has 0 fully saturated rings. The van der Waals surface area contributed by atoms with Crippen molar-refractivity contribution < 1.29 is 14.6 Å². The first kappa shape index (κ1) is 13.4. The zero-order chi connectivity index (χ0) is 10.8. The molecule has 0 aromatic carbocycles. The summed E-state index contributed by atoms with van der Waals surface area (Å²) in [5, 5.41) is 0. The van der Waals surface area contributed by atoms with Gasteiger partial charge in [0.25, 0.3) is 0 Å². The largest absolute Gasteiger partial charge is 0.339 e. The van der Waals surface area contributed by atoms with Gasteiger partial charge in [0.05, 0.1) is 6.61 Å². The number of rotatable bonds is 8. The van der Waals surface area contributed by atoms with E-state index in [9.17, 15) is 4.79 Å². The monoisotopic (exact) mass is 202 g/mol. The molecule has 0 amide bonds. The van der Waals surface area contributed by atoms with E-state index in [4.69, 9.17) is 0 Å². The summed E-state index contributed by atoms with van der Waals surface area (Å²) in [7, 11) is 0. The van der Waals surface area contributed by atoms with Crippen molar-refractivity contribution >= 4 is 5.97 Å². The summed E-state index contributed by atoms with van der Waals surface area (Å²) in [6, 6.07) is 0. The summed E-state index contributed by atoms with van der Waals surface area (Å²) in [5.41, 5.74) is 0. The van der Waals surface area contributed by atoms with Crippen LogP contribution in [0.3, 0.4) is 0 Å². The van der Waals surface area contributed by atoms with Crippen LogP contribution < -0.4 is 0 Å². The lowest BCUT2D eigenvalue weighted by Crippen LogP contribution is -2.01. The van der Waals surface area contributed by atoms with Crippen molar-refractivity contribution in [2.24, 2.45) is 5.92 Å². The van der Waals surface area contributed by atoms with Crippen LogP contribution in [0.4, 0.5) is 0 Å². The van der Waals surface area contributed by atoms with Gasteiger partial charge < -0.3 is 0 Å². The Morgan fingerprint density at radius 3 is 2.36 bits per heavy atom. The molecule has 14 heavy (non-hydrogen) atoms. The molecule has 0 aromatic heterocycles. The van der Waals surface area contributed by atoms with Crippen LogP contribution in [0.15, 0.2) is 0 Å². The van der Waals surface area contributed by atoms with Gasteiger partial charge in [-0.05, 0) is 12.3 Å². The maximum absolute atomic E-state index is 10.3. The molecule has 0 atom stereocenters. The molecule has 0 aliphatic carbocycles. The lowest BCUT2D eigenvalue weighted by Gasteiger charge is -2.04. The van der Waals surface area contributed by atoms with Crippen molar-refractivity contribution in [1.82, 2.24) is 0 Å². The average molecular weight is 202 g/mol. The van der Waals surface area contributed by atoms with Gasteiger partial charge in [0, 0.05) is 6.92 Å². The number of carbonyl (C=O) groups excluding carboxylic acids is 1. The molecule has 0 radical (unpaired) electrons. The second-order valence-electron chi connectivity index (χ2n) is 3.99. The summed E-state index contributed by atoms with van der Waals surface area (Å²) >= 11 is 0. The van der Waals surface area contributed by atoms with Crippen LogP contribution in [-0.4, -0.2) is 12.6 Å². The highest BCUT2D eigenvalue weighted by molar-refractivity contribution is 5.65. The van der Waals surface area contributed by atoms with Gasteiger partial charge in [-0.15, -0.1) is 0 Å². The molecule has 0 heterocycles. The zero-order valence-corrected chi connectivity index (χ0v) is 9.54. The number of hydrogen-bond donors (Lipinski definition) is 0. The van der Waals surface area contributed by atoms with Crippen molar-refractivity contribution in [3.8, 4) is 0 Å². The highest BCUT2D eigenvalue weighted by Gasteiger charge is 1.96. The van der Waals surface area contributed by atoms with Crippen molar-refractivity contribution in [2.75, 3.05) is 6.61 Å². The van der Waals surface area contributed by atoms with E-state index >= 15 is 0 Å². The molecule has 0 unspecified atom stereocenters. The van der Waals surface area contributed by atoms with E-state index < -0.39 is 0 Å². The molecule has 3 nitrogen and oxygen atoms in total. The Bertz CT molecular complexity index is 143. The quantitative estimate of drug-likeness (QED) is 0.345. The van der Waals surface area contributed by atoms with E-state index in [1.807, 2.05) is 0 Å². The van der Waals surface area contributed by atoms with E-state index in [0.29, 0.717) is 6.61 Å². The zero-order valence-electron chi connectivity index (χ0n) is 9.54. The van der Waals surface area contributed by atoms with Crippen LogP contribution in [0.2, 0.25) is 0 Å². The summed E-state index contributed by atoms with van der Waals surface area (Å²) < 4.78 is 0. The molecule has 0 aliphatic rings. The molecule has 3 heteroatoms. The van der Waals surface area contributed by atoms with E-state index in [2.05, 4.69) is 23.6 Å². The van der Waals surface area contributed by atoms with Gasteiger partial charge in [-0.1, -0.05) is 39.5 Å². The Labute approximate surface area is 86.7 Å². The molecular formula is C11H22O3. The second kappa shape index (κ2) is 9.00. The fourth-order valence-electron chi connectivity index (χ4n) is 1.19. The predicted molar refractivity (Wildman–Crippen MR) is 55.6 cm³/mol. The first-order chi connectivity index (χ1) is 6.63. The highest BCUT2D eigenvalue weighted by atomic mass is 17.2. The minimum Gasteiger partial charge on any atom is -0.299 e. The Balaban J connectivity index is 2.96. The van der Waals surface area contributed by atoms with Gasteiger partial charge in [-0.3, -0.25) is 4.89 Å². The first-order valence-electron chi connectivity index (χ1n) is 5.43. The second-order valence-corrected chi connectivity index (χ2v) is 3.99. The third kappa shape index (κ3) is 11.4. The Morgan fingerprint density at radius 2 is 1.79 bits per heavy atom. The SMILES string of the molecule is CC(=O)OOCCCCCCC(C)C. The molecule has 0 N–H and O–H groups in total. The van der Waals surface area contributed by atoms with Crippen molar-refractivity contribution in [2.45, 2.75) is 52.9 Å². The summed E-state index contributed by atoms with van der Waals surface area (Å²) in [6.07, 6.45) is 5.93. The van der Waals surface area contributed by atoms with Gasteiger partial charge in [0.2, 0.25) is 0 Å². The van der Waals surface area contributed by atoms with Gasteiger partial charge in [-0.2, -0.15) is 4.89 Å². The van der Waals surface area contributed by atoms with Crippen LogP contribution in [0, 0.1) is 5.92 Å². The predicted octanol–water partition coefficient (Wildman–Crippen LogP) is 3.09. The number of unbranched alkanes of at least 4 members (excludes halogenated alkanes) is 3. The van der Waals surface area contributed by atoms with Crippen molar-refractivity contribution in [1.29, 1.82) is 0 Å². The van der Waals surface area contributed by atoms with Gasteiger partial charge >= 0.3 is 5.97 Å². The lowest BCUT2D eigenvalue weighted by molar-refractivity contribution is -0.270. The molecule has 0 spiro atoms. The normalized spacial score (nSPS) is 10.6. The van der Waals surface area contributed by atoms with E-state index in [0.717, 1.165) is 18.8 Å². The molecule has 0 saturated carbocycles. The van der Waals surface area contributed by atoms with Crippen LogP contribution in [0.25, 0.3) is 0 Å². The fourth-order valence-corrected chi connectivity index (χ4v) is 1.19. The van der Waals surface area contributed by atoms with Crippen LogP contribution >= 0.6 is 0 Å². The van der Waals surface area contributed by atoms with Gasteiger partial charge in [-0.25, -0.2) is 4.79 Å². The standard InChI is InChI=1S/C11H22O3/c1-10(2)8-6-4-5-7-9-13-14-11(3)12/h10H,4-9H2,1-3H3. The Kier molecular flexibility index (Phi) is 8.64. The summed E-state index contributed by atoms with van der Waals surface area (Å²) in [6.45, 7) is 6.33. The Hall–Kier alpha value is -0.570. The van der Waals surface area contributed by atoms with E-state index in [-0.39, 0.29) is 5.97 Å². The topological polar surface area (TPSA) is 35.5 Å². The fraction of sp³-hybridized carbons (Fsp3) is 0.909. The highest BCUT2D eigenvalue weighted by Crippen LogP contribution is 2.09. The van der Waals surface area contributed by atoms with Crippen molar-refractivity contribution in [3.63, 3.8) is 0 Å². The average Bonchev–Trinajstić information content (AvgIpc) is 2.08. The maximum Gasteiger partial charge on any atom is 0.339 e. The Morgan fingerprint density at radius 1 is 1.14 bits per heavy atom. The van der Waals surface area contributed by atoms with Crippen LogP contribution in [-0.2, 0) is 14.6 Å². The molecule has 0 rings (SSSR count). The molecule has 0 saturated heterocycles. The molecule has 0 aromatic rings. The summed E-state index contributed by atoms with van der Waals surface area (Å²) in [5.74, 6) is 0.414. The van der Waals surface area contributed by atoms with Crippen molar-refractivity contribution in [3.05, 3.63) is 0 Å². The van der Waals surface area contributed by atoms with E-state index in [1.54, 1.807) is 0 Å². The smallest absolute Gasteiger partial charge is 0.299 e. The third-order valence-electron chi connectivity index (χ3n) is 1.94. The molecule has 0 bridgehead atoms. The van der Waals surface area contributed by atoms with Crippen LogP contribution in [0.1, 0.15) is 52.9 Å². The molecular weight excluding hydrogens is 180 g/mol. The molecule has 84 valence electrons. The lowest BCUT2D eigenvalue weighted by atomic mass is 10.0. The first-order valence-corrected chi connectivity index (χ1v) is 5.43. The number of hydrogen-bond acceptors (Lipinski definition) is 3. The molecule has 0 aliphatic heterocycles. The van der Waals surface area contributed by atoms with Gasteiger partial charge in [0.15, 0.2) is 0 Å². The third-order valence-corrected chi connectivity index (χ3v) is 1.94.